The Hall–Kier alpha value is -1.37. The van der Waals surface area contributed by atoms with Crippen molar-refractivity contribution in [2.24, 2.45) is 0 Å². The zero-order valence-corrected chi connectivity index (χ0v) is 8.82. The van der Waals surface area contributed by atoms with Gasteiger partial charge in [-0.05, 0) is 12.8 Å². The molecule has 4 heteroatoms. The topological polar surface area (TPSA) is 54.5 Å². The second-order valence-corrected chi connectivity index (χ2v) is 3.28. The quantitative estimate of drug-likeness (QED) is 0.669. The molecule has 0 fully saturated rings. The monoisotopic (exact) mass is 192 g/mol. The average molecular weight is 192 g/mol. The van der Waals surface area contributed by atoms with E-state index in [0.29, 0.717) is 5.69 Å². The molecular weight excluding hydrogens is 176 g/mol. The molecular formula is C10H16N4. The third-order valence-corrected chi connectivity index (χ3v) is 2.25. The first-order valence-electron chi connectivity index (χ1n) is 5.15. The van der Waals surface area contributed by atoms with Crippen molar-refractivity contribution in [3.63, 3.8) is 0 Å². The van der Waals surface area contributed by atoms with Crippen molar-refractivity contribution in [1.82, 2.24) is 15.0 Å². The number of hydrogen-bond acceptors (Lipinski definition) is 3. The van der Waals surface area contributed by atoms with E-state index in [2.05, 4.69) is 23.3 Å². The fourth-order valence-electron chi connectivity index (χ4n) is 1.46. The maximum atomic E-state index is 8.77. The van der Waals surface area contributed by atoms with E-state index in [-0.39, 0.29) is 0 Å². The van der Waals surface area contributed by atoms with Crippen molar-refractivity contribution in [3.8, 4) is 6.07 Å². The molecule has 0 bridgehead atoms. The SMILES string of the molecule is CCCCCn1nnc(C#N)c1CC. The summed E-state index contributed by atoms with van der Waals surface area (Å²) in [6.07, 6.45) is 4.33. The summed E-state index contributed by atoms with van der Waals surface area (Å²) in [5.41, 5.74) is 1.44. The lowest BCUT2D eigenvalue weighted by molar-refractivity contribution is 0.521. The molecule has 0 aliphatic rings. The second kappa shape index (κ2) is 5.38. The van der Waals surface area contributed by atoms with Gasteiger partial charge in [-0.3, -0.25) is 0 Å². The van der Waals surface area contributed by atoms with Crippen LogP contribution in [0, 0.1) is 11.3 Å². The van der Waals surface area contributed by atoms with Crippen LogP contribution in [0.25, 0.3) is 0 Å². The maximum Gasteiger partial charge on any atom is 0.185 e. The Morgan fingerprint density at radius 2 is 2.14 bits per heavy atom. The Balaban J connectivity index is 2.67. The fourth-order valence-corrected chi connectivity index (χ4v) is 1.46. The number of unbranched alkanes of at least 4 members (excludes halogenated alkanes) is 2. The van der Waals surface area contributed by atoms with E-state index in [0.717, 1.165) is 25.1 Å². The third kappa shape index (κ3) is 2.32. The standard InChI is InChI=1S/C10H16N4/c1-3-5-6-7-14-10(4-2)9(8-11)12-13-14/h3-7H2,1-2H3. The summed E-state index contributed by atoms with van der Waals surface area (Å²) in [6.45, 7) is 5.07. The molecule has 1 heterocycles. The van der Waals surface area contributed by atoms with Crippen molar-refractivity contribution < 1.29 is 0 Å². The summed E-state index contributed by atoms with van der Waals surface area (Å²) < 4.78 is 1.86. The van der Waals surface area contributed by atoms with E-state index in [4.69, 9.17) is 5.26 Å². The number of nitriles is 1. The Bertz CT molecular complexity index is 321. The van der Waals surface area contributed by atoms with Crippen molar-refractivity contribution >= 4 is 0 Å². The lowest BCUT2D eigenvalue weighted by atomic mass is 10.2. The first-order valence-corrected chi connectivity index (χ1v) is 5.15. The summed E-state index contributed by atoms with van der Waals surface area (Å²) in [5, 5.41) is 16.6. The van der Waals surface area contributed by atoms with Crippen molar-refractivity contribution in [1.29, 1.82) is 5.26 Å². The number of nitrogens with zero attached hydrogens (tertiary/aromatic N) is 4. The van der Waals surface area contributed by atoms with Gasteiger partial charge in [0.1, 0.15) is 6.07 Å². The van der Waals surface area contributed by atoms with E-state index in [1.165, 1.54) is 12.8 Å². The molecule has 0 unspecified atom stereocenters. The molecule has 4 nitrogen and oxygen atoms in total. The Labute approximate surface area is 84.5 Å². The molecule has 0 spiro atoms. The molecule has 76 valence electrons. The van der Waals surface area contributed by atoms with E-state index in [1.807, 2.05) is 11.6 Å². The minimum atomic E-state index is 0.476. The van der Waals surface area contributed by atoms with E-state index < -0.39 is 0 Å². The van der Waals surface area contributed by atoms with Crippen LogP contribution in [0.3, 0.4) is 0 Å². The number of hydrogen-bond donors (Lipinski definition) is 0. The normalized spacial score (nSPS) is 10.1. The third-order valence-electron chi connectivity index (χ3n) is 2.25. The largest absolute Gasteiger partial charge is 0.248 e. The van der Waals surface area contributed by atoms with Crippen LogP contribution in [0.15, 0.2) is 0 Å². The van der Waals surface area contributed by atoms with Crippen LogP contribution in [0.1, 0.15) is 44.5 Å². The van der Waals surface area contributed by atoms with Gasteiger partial charge in [0.2, 0.25) is 0 Å². The van der Waals surface area contributed by atoms with Gasteiger partial charge >= 0.3 is 0 Å². The summed E-state index contributed by atoms with van der Waals surface area (Å²) in [7, 11) is 0. The summed E-state index contributed by atoms with van der Waals surface area (Å²) >= 11 is 0. The number of aryl methyl sites for hydroxylation is 1. The first-order chi connectivity index (χ1) is 6.83. The Morgan fingerprint density at radius 1 is 1.36 bits per heavy atom. The van der Waals surface area contributed by atoms with Gasteiger partial charge in [-0.2, -0.15) is 5.26 Å². The number of aromatic nitrogens is 3. The summed E-state index contributed by atoms with van der Waals surface area (Å²) in [5.74, 6) is 0. The summed E-state index contributed by atoms with van der Waals surface area (Å²) in [4.78, 5) is 0. The molecule has 1 aromatic rings. The maximum absolute atomic E-state index is 8.77. The van der Waals surface area contributed by atoms with Gasteiger partial charge in [-0.15, -0.1) is 5.10 Å². The highest BCUT2D eigenvalue weighted by molar-refractivity contribution is 5.24. The van der Waals surface area contributed by atoms with Crippen LogP contribution < -0.4 is 0 Å². The van der Waals surface area contributed by atoms with Crippen molar-refractivity contribution in [3.05, 3.63) is 11.4 Å². The first kappa shape index (κ1) is 10.7. The molecule has 1 aromatic heterocycles. The number of rotatable bonds is 5. The van der Waals surface area contributed by atoms with Crippen LogP contribution in [-0.2, 0) is 13.0 Å². The highest BCUT2D eigenvalue weighted by Gasteiger charge is 2.09. The molecule has 0 saturated heterocycles. The highest BCUT2D eigenvalue weighted by atomic mass is 15.4. The highest BCUT2D eigenvalue weighted by Crippen LogP contribution is 2.07. The molecule has 0 aliphatic carbocycles. The van der Waals surface area contributed by atoms with Gasteiger partial charge in [-0.25, -0.2) is 4.68 Å². The molecule has 1 rings (SSSR count). The van der Waals surface area contributed by atoms with Crippen LogP contribution in [-0.4, -0.2) is 15.0 Å². The average Bonchev–Trinajstić information content (AvgIpc) is 2.60. The zero-order chi connectivity index (χ0) is 10.4. The molecule has 0 amide bonds. The fraction of sp³-hybridized carbons (Fsp3) is 0.700. The van der Waals surface area contributed by atoms with Gasteiger partial charge < -0.3 is 0 Å². The van der Waals surface area contributed by atoms with Gasteiger partial charge in [0, 0.05) is 6.54 Å². The Morgan fingerprint density at radius 3 is 2.71 bits per heavy atom. The minimum absolute atomic E-state index is 0.476. The molecule has 0 atom stereocenters. The van der Waals surface area contributed by atoms with Crippen LogP contribution >= 0.6 is 0 Å². The molecule has 0 aromatic carbocycles. The molecule has 0 radical (unpaired) electrons. The molecule has 0 saturated carbocycles. The smallest absolute Gasteiger partial charge is 0.185 e. The lowest BCUT2D eigenvalue weighted by Crippen LogP contribution is -2.05. The van der Waals surface area contributed by atoms with Crippen LogP contribution in [0.2, 0.25) is 0 Å². The van der Waals surface area contributed by atoms with Crippen molar-refractivity contribution in [2.75, 3.05) is 0 Å². The molecule has 0 aliphatic heterocycles. The predicted molar refractivity (Wildman–Crippen MR) is 53.6 cm³/mol. The van der Waals surface area contributed by atoms with Crippen molar-refractivity contribution in [2.45, 2.75) is 46.1 Å². The second-order valence-electron chi connectivity index (χ2n) is 3.28. The van der Waals surface area contributed by atoms with Gasteiger partial charge in [0.25, 0.3) is 0 Å². The molecule has 14 heavy (non-hydrogen) atoms. The lowest BCUT2D eigenvalue weighted by Gasteiger charge is -2.03. The zero-order valence-electron chi connectivity index (χ0n) is 8.82. The predicted octanol–water partition coefficient (Wildman–Crippen LogP) is 1.90. The summed E-state index contributed by atoms with van der Waals surface area (Å²) in [6, 6.07) is 2.06. The van der Waals surface area contributed by atoms with Gasteiger partial charge in [0.15, 0.2) is 5.69 Å². The Kier molecular flexibility index (Phi) is 4.11. The van der Waals surface area contributed by atoms with E-state index in [1.54, 1.807) is 0 Å². The van der Waals surface area contributed by atoms with E-state index in [9.17, 15) is 0 Å². The van der Waals surface area contributed by atoms with Crippen LogP contribution in [0.5, 0.6) is 0 Å². The van der Waals surface area contributed by atoms with E-state index >= 15 is 0 Å². The molecule has 0 N–H and O–H groups in total. The minimum Gasteiger partial charge on any atom is -0.248 e. The van der Waals surface area contributed by atoms with Gasteiger partial charge in [-0.1, -0.05) is 31.9 Å². The van der Waals surface area contributed by atoms with Crippen LogP contribution in [0.4, 0.5) is 0 Å². The van der Waals surface area contributed by atoms with Gasteiger partial charge in [0.05, 0.1) is 5.69 Å².